The second-order valence-electron chi connectivity index (χ2n) is 3.89. The molecule has 2 aromatic rings. The fourth-order valence-electron chi connectivity index (χ4n) is 1.58. The Morgan fingerprint density at radius 3 is 2.15 bits per heavy atom. The zero-order chi connectivity index (χ0) is 14.9. The lowest BCUT2D eigenvalue weighted by Crippen LogP contribution is -2.04. The van der Waals surface area contributed by atoms with Crippen LogP contribution in [-0.4, -0.2) is 0 Å². The van der Waals surface area contributed by atoms with E-state index in [0.717, 1.165) is 0 Å². The highest BCUT2D eigenvalue weighted by Crippen LogP contribution is 2.29. The van der Waals surface area contributed by atoms with Crippen molar-refractivity contribution in [3.05, 3.63) is 53.1 Å². The molecule has 0 amide bonds. The molecule has 0 radical (unpaired) electrons. The molecule has 102 valence electrons. The Hall–Kier alpha value is -2.75. The second-order valence-corrected chi connectivity index (χ2v) is 3.89. The summed E-state index contributed by atoms with van der Waals surface area (Å²) in [6, 6.07) is 5.75. The fourth-order valence-corrected chi connectivity index (χ4v) is 1.58. The number of nitrogens with two attached hydrogens (primary N) is 1. The van der Waals surface area contributed by atoms with Crippen molar-refractivity contribution < 1.29 is 17.6 Å². The van der Waals surface area contributed by atoms with Crippen LogP contribution in [0.1, 0.15) is 5.56 Å². The Bertz CT molecular complexity index is 696. The zero-order valence-corrected chi connectivity index (χ0v) is 9.85. The van der Waals surface area contributed by atoms with Crippen molar-refractivity contribution in [2.75, 3.05) is 11.1 Å². The van der Waals surface area contributed by atoms with Gasteiger partial charge in [-0.05, 0) is 18.2 Å². The number of hydrogen-bond donors (Lipinski definition) is 2. The maximum Gasteiger partial charge on any atom is 0.185 e. The molecule has 0 saturated carbocycles. The summed E-state index contributed by atoms with van der Waals surface area (Å²) in [5.41, 5.74) is 4.67. The van der Waals surface area contributed by atoms with Gasteiger partial charge in [-0.1, -0.05) is 0 Å². The van der Waals surface area contributed by atoms with Gasteiger partial charge in [0.15, 0.2) is 23.3 Å². The third kappa shape index (κ3) is 2.36. The maximum absolute atomic E-state index is 13.5. The minimum Gasteiger partial charge on any atom is -0.399 e. The number of rotatable bonds is 2. The van der Waals surface area contributed by atoms with E-state index >= 15 is 0 Å². The van der Waals surface area contributed by atoms with Crippen LogP contribution in [0.3, 0.4) is 0 Å². The summed E-state index contributed by atoms with van der Waals surface area (Å²) in [7, 11) is 0. The molecule has 2 rings (SSSR count). The van der Waals surface area contributed by atoms with Crippen LogP contribution < -0.4 is 11.1 Å². The first-order chi connectivity index (χ1) is 9.43. The van der Waals surface area contributed by atoms with E-state index in [1.807, 2.05) is 0 Å². The highest BCUT2D eigenvalue weighted by molar-refractivity contribution is 5.70. The molecule has 0 aliphatic rings. The number of halogens is 4. The van der Waals surface area contributed by atoms with Crippen molar-refractivity contribution >= 4 is 17.1 Å². The first-order valence-corrected chi connectivity index (χ1v) is 5.33. The molecule has 0 fully saturated rings. The largest absolute Gasteiger partial charge is 0.399 e. The summed E-state index contributed by atoms with van der Waals surface area (Å²) in [6.07, 6.45) is 0. The molecule has 0 saturated heterocycles. The van der Waals surface area contributed by atoms with Gasteiger partial charge >= 0.3 is 0 Å². The van der Waals surface area contributed by atoms with Crippen molar-refractivity contribution in [2.24, 2.45) is 0 Å². The Morgan fingerprint density at radius 1 is 1.00 bits per heavy atom. The molecule has 0 aromatic heterocycles. The molecule has 0 heterocycles. The third-order valence-electron chi connectivity index (χ3n) is 2.54. The van der Waals surface area contributed by atoms with Crippen molar-refractivity contribution in [3.63, 3.8) is 0 Å². The molecule has 2 aromatic carbocycles. The quantitative estimate of drug-likeness (QED) is 0.503. The van der Waals surface area contributed by atoms with Crippen molar-refractivity contribution in [2.45, 2.75) is 0 Å². The van der Waals surface area contributed by atoms with E-state index in [1.165, 1.54) is 18.2 Å². The van der Waals surface area contributed by atoms with E-state index in [0.29, 0.717) is 0 Å². The molecule has 7 heteroatoms. The summed E-state index contributed by atoms with van der Waals surface area (Å²) in [4.78, 5) is 0. The third-order valence-corrected chi connectivity index (χ3v) is 2.54. The molecule has 0 unspecified atom stereocenters. The fraction of sp³-hybridized carbons (Fsp3) is 0. The molecular weight excluding hydrogens is 274 g/mol. The summed E-state index contributed by atoms with van der Waals surface area (Å²) < 4.78 is 53.1. The number of nitrogens with zero attached hydrogens (tertiary/aromatic N) is 1. The first kappa shape index (κ1) is 13.7. The predicted octanol–water partition coefficient (Wildman–Crippen LogP) is 3.44. The molecule has 0 spiro atoms. The van der Waals surface area contributed by atoms with Gasteiger partial charge in [0.2, 0.25) is 0 Å². The van der Waals surface area contributed by atoms with Crippen LogP contribution in [0.25, 0.3) is 0 Å². The van der Waals surface area contributed by atoms with Gasteiger partial charge in [0, 0.05) is 11.8 Å². The Labute approximate surface area is 111 Å². The summed E-state index contributed by atoms with van der Waals surface area (Å²) in [5.74, 6) is -6.24. The molecule has 0 bridgehead atoms. The van der Waals surface area contributed by atoms with Crippen LogP contribution in [0.4, 0.5) is 34.6 Å². The smallest absolute Gasteiger partial charge is 0.185 e. The molecular formula is C13H7F4N3. The summed E-state index contributed by atoms with van der Waals surface area (Å²) in [6.45, 7) is 0. The molecule has 3 nitrogen and oxygen atoms in total. The van der Waals surface area contributed by atoms with Gasteiger partial charge in [0.25, 0.3) is 0 Å². The first-order valence-electron chi connectivity index (χ1n) is 5.33. The van der Waals surface area contributed by atoms with Gasteiger partial charge in [-0.25, -0.2) is 17.6 Å². The van der Waals surface area contributed by atoms with Gasteiger partial charge in [0.1, 0.15) is 11.8 Å². The number of benzene rings is 2. The number of nitrogens with one attached hydrogen (secondary N) is 1. The zero-order valence-electron chi connectivity index (χ0n) is 9.85. The minimum atomic E-state index is -1.58. The van der Waals surface area contributed by atoms with Crippen LogP contribution in [-0.2, 0) is 0 Å². The number of nitriles is 1. The molecule has 20 heavy (non-hydrogen) atoms. The van der Waals surface area contributed by atoms with E-state index in [9.17, 15) is 17.6 Å². The van der Waals surface area contributed by atoms with Crippen LogP contribution in [0.2, 0.25) is 0 Å². The monoisotopic (exact) mass is 281 g/mol. The molecule has 0 atom stereocenters. The Morgan fingerprint density at radius 2 is 1.60 bits per heavy atom. The van der Waals surface area contributed by atoms with Gasteiger partial charge in [0.05, 0.1) is 11.3 Å². The van der Waals surface area contributed by atoms with E-state index in [2.05, 4.69) is 5.32 Å². The standard InChI is InChI=1S/C13H7F4N3/c14-8-4-9(15)12(17)13(11(8)16)20-10-2-1-7(19)3-6(10)5-18/h1-4,20H,19H2. The number of hydrogen-bond acceptors (Lipinski definition) is 3. The normalized spacial score (nSPS) is 10.2. The van der Waals surface area contributed by atoms with Gasteiger partial charge in [-0.2, -0.15) is 5.26 Å². The highest BCUT2D eigenvalue weighted by Gasteiger charge is 2.20. The predicted molar refractivity (Wildman–Crippen MR) is 65.1 cm³/mol. The topological polar surface area (TPSA) is 61.8 Å². The van der Waals surface area contributed by atoms with Crippen LogP contribution in [0.15, 0.2) is 24.3 Å². The van der Waals surface area contributed by atoms with Crippen molar-refractivity contribution in [1.82, 2.24) is 0 Å². The van der Waals surface area contributed by atoms with Gasteiger partial charge < -0.3 is 11.1 Å². The lowest BCUT2D eigenvalue weighted by Gasteiger charge is -2.11. The molecule has 0 aliphatic carbocycles. The lowest BCUT2D eigenvalue weighted by molar-refractivity contribution is 0.459. The van der Waals surface area contributed by atoms with Crippen LogP contribution in [0.5, 0.6) is 0 Å². The van der Waals surface area contributed by atoms with E-state index in [-0.39, 0.29) is 23.0 Å². The molecule has 3 N–H and O–H groups in total. The Balaban J connectivity index is 2.54. The maximum atomic E-state index is 13.5. The van der Waals surface area contributed by atoms with Gasteiger partial charge in [-0.15, -0.1) is 0 Å². The Kier molecular flexibility index (Phi) is 3.48. The van der Waals surface area contributed by atoms with Crippen LogP contribution >= 0.6 is 0 Å². The average Bonchev–Trinajstić information content (AvgIpc) is 2.42. The minimum absolute atomic E-state index is 0.0199. The van der Waals surface area contributed by atoms with Crippen LogP contribution in [0, 0.1) is 34.6 Å². The average molecular weight is 281 g/mol. The van der Waals surface area contributed by atoms with E-state index in [4.69, 9.17) is 11.0 Å². The summed E-state index contributed by atoms with van der Waals surface area (Å²) >= 11 is 0. The highest BCUT2D eigenvalue weighted by atomic mass is 19.2. The molecule has 0 aliphatic heterocycles. The number of nitrogen functional groups attached to an aromatic ring is 1. The van der Waals surface area contributed by atoms with Crippen molar-refractivity contribution in [1.29, 1.82) is 5.26 Å². The SMILES string of the molecule is N#Cc1cc(N)ccc1Nc1c(F)c(F)cc(F)c1F. The van der Waals surface area contributed by atoms with Crippen molar-refractivity contribution in [3.8, 4) is 6.07 Å². The number of anilines is 3. The van der Waals surface area contributed by atoms with Gasteiger partial charge in [-0.3, -0.25) is 0 Å². The second kappa shape index (κ2) is 5.09. The van der Waals surface area contributed by atoms with E-state index in [1.54, 1.807) is 6.07 Å². The summed E-state index contributed by atoms with van der Waals surface area (Å²) in [5, 5.41) is 11.0. The lowest BCUT2D eigenvalue weighted by atomic mass is 10.1. The van der Waals surface area contributed by atoms with E-state index < -0.39 is 29.0 Å².